The SMILES string of the molecule is CC(=O)OC(=O)c1ccccc1.CC(N)=CC(=O)O. The molecule has 0 aliphatic carbocycles. The topological polar surface area (TPSA) is 107 Å². The third kappa shape index (κ3) is 9.11. The number of allylic oxidation sites excluding steroid dienone is 1. The molecule has 1 aromatic rings. The van der Waals surface area contributed by atoms with E-state index in [0.29, 0.717) is 11.3 Å². The summed E-state index contributed by atoms with van der Waals surface area (Å²) < 4.78 is 4.36. The van der Waals surface area contributed by atoms with Gasteiger partial charge >= 0.3 is 17.9 Å². The van der Waals surface area contributed by atoms with Crippen molar-refractivity contribution >= 4 is 17.9 Å². The van der Waals surface area contributed by atoms with E-state index in [-0.39, 0.29) is 0 Å². The van der Waals surface area contributed by atoms with Gasteiger partial charge in [0.05, 0.1) is 5.56 Å². The number of nitrogens with two attached hydrogens (primary N) is 1. The largest absolute Gasteiger partial charge is 0.478 e. The van der Waals surface area contributed by atoms with Crippen LogP contribution in [0.15, 0.2) is 42.1 Å². The zero-order chi connectivity index (χ0) is 14.8. The molecule has 0 saturated carbocycles. The number of carbonyl (C=O) groups is 3. The third-order valence-electron chi connectivity index (χ3n) is 1.60. The molecule has 0 spiro atoms. The number of esters is 2. The fourth-order valence-corrected chi connectivity index (χ4v) is 0.958. The van der Waals surface area contributed by atoms with Crippen LogP contribution in [0.2, 0.25) is 0 Å². The van der Waals surface area contributed by atoms with Crippen molar-refractivity contribution in [2.24, 2.45) is 5.73 Å². The Balaban J connectivity index is 0.000000399. The molecule has 0 saturated heterocycles. The van der Waals surface area contributed by atoms with Gasteiger partial charge in [0.15, 0.2) is 0 Å². The first kappa shape index (κ1) is 16.4. The van der Waals surface area contributed by atoms with Gasteiger partial charge in [-0.15, -0.1) is 0 Å². The molecule has 19 heavy (non-hydrogen) atoms. The molecular formula is C13H15NO5. The number of aliphatic carboxylic acids is 1. The standard InChI is InChI=1S/C9H8O3.C4H7NO2/c1-7(10)12-9(11)8-5-3-2-4-6-8;1-3(5)2-4(6)7/h2-6H,1H3;2H,5H2,1H3,(H,6,7). The normalized spacial score (nSPS) is 9.89. The maximum atomic E-state index is 11.0. The highest BCUT2D eigenvalue weighted by molar-refractivity contribution is 5.96. The molecule has 0 aliphatic heterocycles. The first-order chi connectivity index (χ1) is 8.82. The minimum Gasteiger partial charge on any atom is -0.478 e. The molecule has 1 aromatic carbocycles. The Labute approximate surface area is 110 Å². The van der Waals surface area contributed by atoms with Crippen LogP contribution in [-0.4, -0.2) is 23.0 Å². The van der Waals surface area contributed by atoms with E-state index >= 15 is 0 Å². The highest BCUT2D eigenvalue weighted by atomic mass is 16.6. The predicted octanol–water partition coefficient (Wildman–Crippen LogP) is 1.32. The predicted molar refractivity (Wildman–Crippen MR) is 68.1 cm³/mol. The van der Waals surface area contributed by atoms with E-state index in [1.807, 2.05) is 0 Å². The summed E-state index contributed by atoms with van der Waals surface area (Å²) >= 11 is 0. The zero-order valence-corrected chi connectivity index (χ0v) is 10.6. The summed E-state index contributed by atoms with van der Waals surface area (Å²) in [7, 11) is 0. The second-order valence-electron chi connectivity index (χ2n) is 3.47. The van der Waals surface area contributed by atoms with E-state index in [2.05, 4.69) is 4.74 Å². The Bertz CT molecular complexity index is 475. The zero-order valence-electron chi connectivity index (χ0n) is 10.6. The van der Waals surface area contributed by atoms with E-state index in [1.165, 1.54) is 13.8 Å². The second-order valence-corrected chi connectivity index (χ2v) is 3.47. The molecule has 0 unspecified atom stereocenters. The van der Waals surface area contributed by atoms with Crippen molar-refractivity contribution in [3.63, 3.8) is 0 Å². The maximum Gasteiger partial charge on any atom is 0.345 e. The molecule has 1 rings (SSSR count). The molecule has 0 fully saturated rings. The number of carboxylic acids is 1. The Morgan fingerprint density at radius 3 is 2.00 bits per heavy atom. The number of hydrogen-bond donors (Lipinski definition) is 2. The molecule has 6 nitrogen and oxygen atoms in total. The Kier molecular flexibility index (Phi) is 7.29. The van der Waals surface area contributed by atoms with E-state index in [1.54, 1.807) is 30.3 Å². The Morgan fingerprint density at radius 1 is 1.16 bits per heavy atom. The number of benzene rings is 1. The highest BCUT2D eigenvalue weighted by Crippen LogP contribution is 2.00. The van der Waals surface area contributed by atoms with Crippen molar-refractivity contribution < 1.29 is 24.2 Å². The second kappa shape index (κ2) is 8.46. The van der Waals surface area contributed by atoms with E-state index < -0.39 is 17.9 Å². The van der Waals surface area contributed by atoms with Crippen LogP contribution >= 0.6 is 0 Å². The van der Waals surface area contributed by atoms with Crippen LogP contribution in [0, 0.1) is 0 Å². The molecule has 3 N–H and O–H groups in total. The van der Waals surface area contributed by atoms with Gasteiger partial charge in [0.25, 0.3) is 0 Å². The van der Waals surface area contributed by atoms with Gasteiger partial charge in [0.1, 0.15) is 0 Å². The van der Waals surface area contributed by atoms with Crippen molar-refractivity contribution in [2.45, 2.75) is 13.8 Å². The lowest BCUT2D eigenvalue weighted by atomic mass is 10.2. The summed E-state index contributed by atoms with van der Waals surface area (Å²) in [4.78, 5) is 31.0. The minimum atomic E-state index is -1.000. The van der Waals surface area contributed by atoms with Gasteiger partial charge < -0.3 is 15.6 Å². The van der Waals surface area contributed by atoms with Crippen LogP contribution < -0.4 is 5.73 Å². The van der Waals surface area contributed by atoms with Crippen LogP contribution in [0.3, 0.4) is 0 Å². The summed E-state index contributed by atoms with van der Waals surface area (Å²) in [5.41, 5.74) is 5.67. The summed E-state index contributed by atoms with van der Waals surface area (Å²) in [5.74, 6) is -2.20. The van der Waals surface area contributed by atoms with Gasteiger partial charge in [0.2, 0.25) is 0 Å². The maximum absolute atomic E-state index is 11.0. The van der Waals surface area contributed by atoms with Crippen molar-refractivity contribution in [3.05, 3.63) is 47.7 Å². The smallest absolute Gasteiger partial charge is 0.345 e. The summed E-state index contributed by atoms with van der Waals surface area (Å²) in [5, 5.41) is 7.93. The molecule has 0 aliphatic rings. The summed E-state index contributed by atoms with van der Waals surface area (Å²) in [6.07, 6.45) is 0.944. The van der Waals surface area contributed by atoms with Crippen molar-refractivity contribution in [3.8, 4) is 0 Å². The van der Waals surface area contributed by atoms with Crippen molar-refractivity contribution in [2.75, 3.05) is 0 Å². The molecule has 0 amide bonds. The van der Waals surface area contributed by atoms with Crippen molar-refractivity contribution in [1.82, 2.24) is 0 Å². The molecule has 6 heteroatoms. The van der Waals surface area contributed by atoms with Crippen molar-refractivity contribution in [1.29, 1.82) is 0 Å². The third-order valence-corrected chi connectivity index (χ3v) is 1.60. The number of rotatable bonds is 2. The molecule has 0 radical (unpaired) electrons. The van der Waals surface area contributed by atoms with Gasteiger partial charge in [-0.2, -0.15) is 0 Å². The van der Waals surface area contributed by atoms with Gasteiger partial charge in [-0.3, -0.25) is 4.79 Å². The lowest BCUT2D eigenvalue weighted by molar-refractivity contribution is -0.135. The summed E-state index contributed by atoms with van der Waals surface area (Å²) in [6, 6.07) is 8.37. The first-order valence-corrected chi connectivity index (χ1v) is 5.27. The van der Waals surface area contributed by atoms with Crippen LogP contribution in [0.1, 0.15) is 24.2 Å². The van der Waals surface area contributed by atoms with Gasteiger partial charge in [-0.05, 0) is 19.1 Å². The minimum absolute atomic E-state index is 0.313. The molecule has 0 bridgehead atoms. The summed E-state index contributed by atoms with van der Waals surface area (Å²) in [6.45, 7) is 2.72. The average molecular weight is 265 g/mol. The number of carbonyl (C=O) groups excluding carboxylic acids is 2. The average Bonchev–Trinajstić information content (AvgIpc) is 2.28. The lowest BCUT2D eigenvalue weighted by Gasteiger charge is -1.97. The molecule has 102 valence electrons. The fraction of sp³-hybridized carbons (Fsp3) is 0.154. The molecule has 0 atom stereocenters. The van der Waals surface area contributed by atoms with Crippen LogP contribution in [0.5, 0.6) is 0 Å². The molecule has 0 heterocycles. The monoisotopic (exact) mass is 265 g/mol. The first-order valence-electron chi connectivity index (χ1n) is 5.27. The van der Waals surface area contributed by atoms with Gasteiger partial charge in [-0.1, -0.05) is 18.2 Å². The van der Waals surface area contributed by atoms with Gasteiger partial charge in [-0.25, -0.2) is 9.59 Å². The van der Waals surface area contributed by atoms with Crippen LogP contribution in [-0.2, 0) is 14.3 Å². The lowest BCUT2D eigenvalue weighted by Crippen LogP contribution is -2.08. The number of carboxylic acid groups (broad SMARTS) is 1. The quantitative estimate of drug-likeness (QED) is 0.474. The van der Waals surface area contributed by atoms with Gasteiger partial charge in [0, 0.05) is 18.7 Å². The Morgan fingerprint density at radius 2 is 1.68 bits per heavy atom. The van der Waals surface area contributed by atoms with Crippen LogP contribution in [0.4, 0.5) is 0 Å². The molecule has 0 aromatic heterocycles. The fourth-order valence-electron chi connectivity index (χ4n) is 0.958. The van der Waals surface area contributed by atoms with E-state index in [4.69, 9.17) is 10.8 Å². The van der Waals surface area contributed by atoms with Crippen LogP contribution in [0.25, 0.3) is 0 Å². The van der Waals surface area contributed by atoms with E-state index in [0.717, 1.165) is 6.08 Å². The number of ether oxygens (including phenoxy) is 1. The number of hydrogen-bond acceptors (Lipinski definition) is 5. The highest BCUT2D eigenvalue weighted by Gasteiger charge is 2.07. The van der Waals surface area contributed by atoms with E-state index in [9.17, 15) is 14.4 Å². The Hall–Kier alpha value is -2.63. The molecular weight excluding hydrogens is 250 g/mol.